The smallest absolute Gasteiger partial charge is 0.337 e. The molecule has 0 aliphatic heterocycles. The van der Waals surface area contributed by atoms with Gasteiger partial charge in [0, 0.05) is 6.42 Å². The highest BCUT2D eigenvalue weighted by Crippen LogP contribution is 2.10. The zero-order chi connectivity index (χ0) is 14.3. The van der Waals surface area contributed by atoms with E-state index in [1.807, 2.05) is 6.07 Å². The molecule has 0 N–H and O–H groups in total. The molecule has 0 radical (unpaired) electrons. The topological polar surface area (TPSA) is 69.7 Å². The first-order valence-electron chi connectivity index (χ1n) is 5.62. The highest BCUT2D eigenvalue weighted by Gasteiger charge is 2.25. The maximum atomic E-state index is 11.7. The van der Waals surface area contributed by atoms with Crippen LogP contribution in [0.2, 0.25) is 0 Å². The zero-order valence-corrected chi connectivity index (χ0v) is 11.4. The number of rotatable bonds is 7. The molecular formula is C13H16O5S. The summed E-state index contributed by atoms with van der Waals surface area (Å²) in [5.41, 5.74) is 0.784. The molecule has 0 saturated carbocycles. The fourth-order valence-electron chi connectivity index (χ4n) is 1.43. The second kappa shape index (κ2) is 7.06. The molecule has 6 heteroatoms. The normalized spacial score (nSPS) is 12.7. The molecule has 0 spiro atoms. The van der Waals surface area contributed by atoms with E-state index >= 15 is 0 Å². The molecule has 1 unspecified atom stereocenters. The second-order valence-corrected chi connectivity index (χ2v) is 5.50. The van der Waals surface area contributed by atoms with Crippen molar-refractivity contribution in [2.45, 2.75) is 12.5 Å². The van der Waals surface area contributed by atoms with Crippen molar-refractivity contribution in [1.29, 1.82) is 0 Å². The summed E-state index contributed by atoms with van der Waals surface area (Å²) in [4.78, 5) is 11.7. The van der Waals surface area contributed by atoms with Crippen molar-refractivity contribution in [2.24, 2.45) is 0 Å². The van der Waals surface area contributed by atoms with Gasteiger partial charge < -0.3 is 4.74 Å². The Labute approximate surface area is 113 Å². The molecule has 0 aromatic heterocycles. The summed E-state index contributed by atoms with van der Waals surface area (Å²) in [5, 5.41) is 0. The van der Waals surface area contributed by atoms with E-state index in [4.69, 9.17) is 8.92 Å². The average molecular weight is 284 g/mol. The van der Waals surface area contributed by atoms with Crippen molar-refractivity contribution >= 4 is 16.1 Å². The van der Waals surface area contributed by atoms with Gasteiger partial charge in [0.15, 0.2) is 6.10 Å². The van der Waals surface area contributed by atoms with Crippen molar-refractivity contribution in [3.05, 3.63) is 48.6 Å². The van der Waals surface area contributed by atoms with Crippen molar-refractivity contribution in [3.63, 3.8) is 0 Å². The molecule has 0 aliphatic carbocycles. The Bertz CT molecular complexity index is 521. The lowest BCUT2D eigenvalue weighted by molar-refractivity contribution is -0.150. The molecule has 104 valence electrons. The van der Waals surface area contributed by atoms with Gasteiger partial charge in [0.2, 0.25) is 0 Å². The zero-order valence-electron chi connectivity index (χ0n) is 10.6. The van der Waals surface area contributed by atoms with E-state index in [2.05, 4.69) is 6.58 Å². The molecule has 1 aromatic carbocycles. The van der Waals surface area contributed by atoms with Gasteiger partial charge in [-0.3, -0.25) is 4.18 Å². The highest BCUT2D eigenvalue weighted by atomic mass is 32.2. The summed E-state index contributed by atoms with van der Waals surface area (Å²) >= 11 is 0. The Morgan fingerprint density at radius 1 is 1.37 bits per heavy atom. The van der Waals surface area contributed by atoms with Crippen LogP contribution in [0.4, 0.5) is 0 Å². The molecule has 0 bridgehead atoms. The van der Waals surface area contributed by atoms with Crippen molar-refractivity contribution in [2.75, 3.05) is 12.9 Å². The number of benzene rings is 1. The van der Waals surface area contributed by atoms with Gasteiger partial charge in [-0.1, -0.05) is 43.0 Å². The van der Waals surface area contributed by atoms with E-state index in [1.165, 1.54) is 6.08 Å². The third kappa shape index (κ3) is 6.17. The number of hydrogen-bond acceptors (Lipinski definition) is 5. The Hall–Kier alpha value is -1.66. The van der Waals surface area contributed by atoms with Crippen LogP contribution in [0, 0.1) is 0 Å². The molecule has 0 heterocycles. The fourth-order valence-corrected chi connectivity index (χ4v) is 2.00. The summed E-state index contributed by atoms with van der Waals surface area (Å²) in [6.45, 7) is 3.43. The van der Waals surface area contributed by atoms with E-state index in [-0.39, 0.29) is 13.0 Å². The summed E-state index contributed by atoms with van der Waals surface area (Å²) < 4.78 is 31.9. The molecule has 1 aromatic rings. The summed E-state index contributed by atoms with van der Waals surface area (Å²) in [5.74, 6) is -0.728. The minimum absolute atomic E-state index is 0.0112. The van der Waals surface area contributed by atoms with E-state index in [1.54, 1.807) is 24.3 Å². The minimum Gasteiger partial charge on any atom is -0.460 e. The van der Waals surface area contributed by atoms with Gasteiger partial charge in [0.25, 0.3) is 10.1 Å². The van der Waals surface area contributed by atoms with E-state index in [0.717, 1.165) is 11.8 Å². The molecular weight excluding hydrogens is 268 g/mol. The number of hydrogen-bond donors (Lipinski definition) is 0. The van der Waals surface area contributed by atoms with E-state index in [9.17, 15) is 13.2 Å². The van der Waals surface area contributed by atoms with Crippen LogP contribution >= 0.6 is 0 Å². The number of carbonyl (C=O) groups is 1. The first kappa shape index (κ1) is 15.4. The molecule has 0 amide bonds. The molecule has 5 nitrogen and oxygen atoms in total. The quantitative estimate of drug-likeness (QED) is 0.429. The van der Waals surface area contributed by atoms with Crippen LogP contribution in [0.1, 0.15) is 5.56 Å². The molecule has 1 atom stereocenters. The molecule has 0 fully saturated rings. The largest absolute Gasteiger partial charge is 0.460 e. The highest BCUT2D eigenvalue weighted by molar-refractivity contribution is 7.86. The van der Waals surface area contributed by atoms with Crippen LogP contribution in [0.25, 0.3) is 0 Å². The fraction of sp³-hybridized carbons (Fsp3) is 0.308. The van der Waals surface area contributed by atoms with Crippen molar-refractivity contribution in [1.82, 2.24) is 0 Å². The third-order valence-corrected chi connectivity index (χ3v) is 2.74. The number of ether oxygens (including phenoxy) is 1. The van der Waals surface area contributed by atoms with Crippen LogP contribution in [0.15, 0.2) is 43.0 Å². The Kier molecular flexibility index (Phi) is 5.72. The van der Waals surface area contributed by atoms with Gasteiger partial charge >= 0.3 is 5.97 Å². The maximum absolute atomic E-state index is 11.7. The van der Waals surface area contributed by atoms with Gasteiger partial charge in [0.1, 0.15) is 6.61 Å². The third-order valence-electron chi connectivity index (χ3n) is 2.16. The van der Waals surface area contributed by atoms with Crippen LogP contribution in [-0.4, -0.2) is 33.4 Å². The maximum Gasteiger partial charge on any atom is 0.337 e. The van der Waals surface area contributed by atoms with Crippen LogP contribution in [0.5, 0.6) is 0 Å². The summed E-state index contributed by atoms with van der Waals surface area (Å²) in [6.07, 6.45) is 1.24. The molecule has 0 saturated heterocycles. The summed E-state index contributed by atoms with van der Waals surface area (Å²) in [7, 11) is -3.74. The SMILES string of the molecule is C=CCOC(=O)C(Cc1ccccc1)OS(C)(=O)=O. The minimum atomic E-state index is -3.74. The number of carbonyl (C=O) groups excluding carboxylic acids is 1. The molecule has 1 rings (SSSR count). The second-order valence-electron chi connectivity index (χ2n) is 3.90. The van der Waals surface area contributed by atoms with Gasteiger partial charge in [-0.25, -0.2) is 4.79 Å². The Balaban J connectivity index is 2.80. The van der Waals surface area contributed by atoms with Crippen molar-refractivity contribution in [3.8, 4) is 0 Å². The lowest BCUT2D eigenvalue weighted by Crippen LogP contribution is -2.31. The van der Waals surface area contributed by atoms with Gasteiger partial charge in [0.05, 0.1) is 6.26 Å². The molecule has 19 heavy (non-hydrogen) atoms. The first-order valence-corrected chi connectivity index (χ1v) is 7.44. The molecule has 0 aliphatic rings. The van der Waals surface area contributed by atoms with Crippen LogP contribution < -0.4 is 0 Å². The van der Waals surface area contributed by atoms with E-state index in [0.29, 0.717) is 0 Å². The van der Waals surface area contributed by atoms with Crippen LogP contribution in [-0.2, 0) is 30.3 Å². The number of esters is 1. The standard InChI is InChI=1S/C13H16O5S/c1-3-9-17-13(14)12(18-19(2,15)16)10-11-7-5-4-6-8-11/h3-8,12H,1,9-10H2,2H3. The lowest BCUT2D eigenvalue weighted by atomic mass is 10.1. The lowest BCUT2D eigenvalue weighted by Gasteiger charge is -2.14. The predicted molar refractivity (Wildman–Crippen MR) is 71.0 cm³/mol. The van der Waals surface area contributed by atoms with Gasteiger partial charge in [-0.2, -0.15) is 8.42 Å². The monoisotopic (exact) mass is 284 g/mol. The predicted octanol–water partition coefficient (Wildman–Crippen LogP) is 1.30. The average Bonchev–Trinajstić information content (AvgIpc) is 2.35. The van der Waals surface area contributed by atoms with Gasteiger partial charge in [-0.15, -0.1) is 0 Å². The van der Waals surface area contributed by atoms with Gasteiger partial charge in [-0.05, 0) is 5.56 Å². The Morgan fingerprint density at radius 2 is 2.00 bits per heavy atom. The van der Waals surface area contributed by atoms with Crippen molar-refractivity contribution < 1.29 is 22.1 Å². The van der Waals surface area contributed by atoms with E-state index < -0.39 is 22.2 Å². The first-order chi connectivity index (χ1) is 8.92. The summed E-state index contributed by atoms with van der Waals surface area (Å²) in [6, 6.07) is 8.97. The van der Waals surface area contributed by atoms with Crippen LogP contribution in [0.3, 0.4) is 0 Å². The Morgan fingerprint density at radius 3 is 2.53 bits per heavy atom.